The number of pyridine rings is 1. The van der Waals surface area contributed by atoms with Crippen LogP contribution in [0.2, 0.25) is 0 Å². The summed E-state index contributed by atoms with van der Waals surface area (Å²) in [6.07, 6.45) is 1.81. The molecular formula is C10H11N5O. The van der Waals surface area contributed by atoms with Gasteiger partial charge in [0.1, 0.15) is 0 Å². The Kier molecular flexibility index (Phi) is 2.72. The summed E-state index contributed by atoms with van der Waals surface area (Å²) in [5, 5.41) is 11.4. The van der Waals surface area contributed by atoms with Gasteiger partial charge in [0.2, 0.25) is 0 Å². The van der Waals surface area contributed by atoms with Crippen molar-refractivity contribution in [1.82, 2.24) is 25.2 Å². The van der Waals surface area contributed by atoms with Gasteiger partial charge in [-0.25, -0.2) is 0 Å². The smallest absolute Gasteiger partial charge is 0.182 e. The fraction of sp³-hybridized carbons (Fsp3) is 0.300. The Balaban J connectivity index is 2.18. The first-order chi connectivity index (χ1) is 7.66. The average Bonchev–Trinajstić information content (AvgIpc) is 2.64. The van der Waals surface area contributed by atoms with Crippen molar-refractivity contribution in [3.8, 4) is 0 Å². The molecule has 0 unspecified atom stereocenters. The molecule has 0 fully saturated rings. The highest BCUT2D eigenvalue weighted by atomic mass is 16.1. The van der Waals surface area contributed by atoms with Crippen LogP contribution in [0.4, 0.5) is 0 Å². The van der Waals surface area contributed by atoms with Crippen LogP contribution in [-0.2, 0) is 13.5 Å². The lowest BCUT2D eigenvalue weighted by Crippen LogP contribution is -2.08. The molecule has 0 aromatic carbocycles. The second kappa shape index (κ2) is 4.18. The third-order valence-electron chi connectivity index (χ3n) is 2.18. The van der Waals surface area contributed by atoms with Gasteiger partial charge >= 0.3 is 0 Å². The molecule has 6 nitrogen and oxygen atoms in total. The lowest BCUT2D eigenvalue weighted by atomic mass is 10.1. The summed E-state index contributed by atoms with van der Waals surface area (Å²) in [4.78, 5) is 17.3. The molecule has 2 heterocycles. The highest BCUT2D eigenvalue weighted by molar-refractivity contribution is 5.97. The van der Waals surface area contributed by atoms with Crippen molar-refractivity contribution in [1.29, 1.82) is 0 Å². The van der Waals surface area contributed by atoms with E-state index in [1.54, 1.807) is 32.3 Å². The summed E-state index contributed by atoms with van der Waals surface area (Å²) in [7, 11) is 1.66. The van der Waals surface area contributed by atoms with Gasteiger partial charge in [-0.2, -0.15) is 4.80 Å². The predicted molar refractivity (Wildman–Crippen MR) is 55.8 cm³/mol. The molecule has 0 saturated carbocycles. The van der Waals surface area contributed by atoms with Gasteiger partial charge < -0.3 is 0 Å². The minimum atomic E-state index is -0.0430. The standard InChI is InChI=1S/C10H11N5O/c1-7-8(4-3-5-11-7)9(16)6-10-12-14-15(2)13-10/h3-5H,6H2,1-2H3. The molecule has 0 spiro atoms. The largest absolute Gasteiger partial charge is 0.294 e. The first-order valence-corrected chi connectivity index (χ1v) is 4.84. The molecule has 0 N–H and O–H groups in total. The van der Waals surface area contributed by atoms with Crippen LogP contribution in [-0.4, -0.2) is 31.0 Å². The molecule has 6 heteroatoms. The Morgan fingerprint density at radius 2 is 2.31 bits per heavy atom. The Labute approximate surface area is 92.3 Å². The number of hydrogen-bond acceptors (Lipinski definition) is 5. The number of tetrazole rings is 1. The molecule has 2 aromatic rings. The lowest BCUT2D eigenvalue weighted by Gasteiger charge is -2.00. The average molecular weight is 217 g/mol. The maximum Gasteiger partial charge on any atom is 0.182 e. The van der Waals surface area contributed by atoms with Crippen LogP contribution in [0.5, 0.6) is 0 Å². The Bertz CT molecular complexity index is 519. The van der Waals surface area contributed by atoms with Crippen LogP contribution in [0.1, 0.15) is 21.9 Å². The van der Waals surface area contributed by atoms with Crippen LogP contribution in [0.25, 0.3) is 0 Å². The lowest BCUT2D eigenvalue weighted by molar-refractivity contribution is 0.0989. The quantitative estimate of drug-likeness (QED) is 0.693. The van der Waals surface area contributed by atoms with Crippen LogP contribution < -0.4 is 0 Å². The van der Waals surface area contributed by atoms with Gasteiger partial charge in [0, 0.05) is 17.5 Å². The van der Waals surface area contributed by atoms with E-state index in [9.17, 15) is 4.79 Å². The maximum atomic E-state index is 11.9. The number of aryl methyl sites for hydroxylation is 2. The van der Waals surface area contributed by atoms with Gasteiger partial charge in [-0.3, -0.25) is 9.78 Å². The summed E-state index contributed by atoms with van der Waals surface area (Å²) in [6.45, 7) is 1.80. The van der Waals surface area contributed by atoms with E-state index in [1.165, 1.54) is 4.80 Å². The molecular weight excluding hydrogens is 206 g/mol. The van der Waals surface area contributed by atoms with Crippen molar-refractivity contribution in [2.75, 3.05) is 0 Å². The molecule has 0 amide bonds. The highest BCUT2D eigenvalue weighted by Crippen LogP contribution is 2.07. The molecule has 0 atom stereocenters. The molecule has 16 heavy (non-hydrogen) atoms. The highest BCUT2D eigenvalue weighted by Gasteiger charge is 2.13. The van der Waals surface area contributed by atoms with Gasteiger partial charge in [0.15, 0.2) is 11.6 Å². The molecule has 0 aliphatic rings. The van der Waals surface area contributed by atoms with E-state index in [0.717, 1.165) is 5.69 Å². The van der Waals surface area contributed by atoms with E-state index < -0.39 is 0 Å². The minimum absolute atomic E-state index is 0.0430. The van der Waals surface area contributed by atoms with Crippen molar-refractivity contribution < 1.29 is 4.79 Å². The second-order valence-corrected chi connectivity index (χ2v) is 3.43. The number of nitrogens with zero attached hydrogens (tertiary/aromatic N) is 5. The zero-order chi connectivity index (χ0) is 11.5. The third-order valence-corrected chi connectivity index (χ3v) is 2.18. The summed E-state index contributed by atoms with van der Waals surface area (Å²) in [5.74, 6) is 0.384. The van der Waals surface area contributed by atoms with Crippen LogP contribution in [0, 0.1) is 6.92 Å². The van der Waals surface area contributed by atoms with Gasteiger partial charge in [0.05, 0.1) is 13.5 Å². The van der Waals surface area contributed by atoms with Crippen molar-refractivity contribution >= 4 is 5.78 Å². The number of carbonyl (C=O) groups is 1. The number of ketones is 1. The molecule has 2 aromatic heterocycles. The van der Waals surface area contributed by atoms with E-state index in [-0.39, 0.29) is 12.2 Å². The summed E-state index contributed by atoms with van der Waals surface area (Å²) in [6, 6.07) is 3.49. The first-order valence-electron chi connectivity index (χ1n) is 4.84. The molecule has 0 aliphatic heterocycles. The van der Waals surface area contributed by atoms with E-state index in [0.29, 0.717) is 11.4 Å². The van der Waals surface area contributed by atoms with Crippen LogP contribution in [0.15, 0.2) is 18.3 Å². The Morgan fingerprint density at radius 3 is 2.94 bits per heavy atom. The Morgan fingerprint density at radius 1 is 1.50 bits per heavy atom. The number of aromatic nitrogens is 5. The van der Waals surface area contributed by atoms with Crippen molar-refractivity contribution in [2.45, 2.75) is 13.3 Å². The summed E-state index contributed by atoms with van der Waals surface area (Å²) < 4.78 is 0. The van der Waals surface area contributed by atoms with Crippen LogP contribution in [0.3, 0.4) is 0 Å². The fourth-order valence-electron chi connectivity index (χ4n) is 1.41. The fourth-order valence-corrected chi connectivity index (χ4v) is 1.41. The normalized spacial score (nSPS) is 10.4. The van der Waals surface area contributed by atoms with Crippen molar-refractivity contribution in [3.05, 3.63) is 35.4 Å². The predicted octanol–water partition coefficient (Wildman–Crippen LogP) is 0.339. The topological polar surface area (TPSA) is 73.6 Å². The van der Waals surface area contributed by atoms with E-state index in [4.69, 9.17) is 0 Å². The molecule has 2 rings (SSSR count). The minimum Gasteiger partial charge on any atom is -0.294 e. The summed E-state index contributed by atoms with van der Waals surface area (Å²) in [5.41, 5.74) is 1.33. The second-order valence-electron chi connectivity index (χ2n) is 3.43. The van der Waals surface area contributed by atoms with E-state index >= 15 is 0 Å². The monoisotopic (exact) mass is 217 g/mol. The molecule has 0 bridgehead atoms. The molecule has 0 aliphatic carbocycles. The number of hydrogen-bond donors (Lipinski definition) is 0. The molecule has 0 saturated heterocycles. The van der Waals surface area contributed by atoms with Gasteiger partial charge in [-0.15, -0.1) is 10.2 Å². The van der Waals surface area contributed by atoms with Gasteiger partial charge in [-0.1, -0.05) is 0 Å². The first kappa shape index (κ1) is 10.4. The zero-order valence-corrected chi connectivity index (χ0v) is 9.08. The summed E-state index contributed by atoms with van der Waals surface area (Å²) >= 11 is 0. The SMILES string of the molecule is Cc1ncccc1C(=O)Cc1nnn(C)n1. The maximum absolute atomic E-state index is 11.9. The third kappa shape index (κ3) is 2.10. The molecule has 82 valence electrons. The number of rotatable bonds is 3. The van der Waals surface area contributed by atoms with Gasteiger partial charge in [-0.05, 0) is 24.3 Å². The van der Waals surface area contributed by atoms with Crippen LogP contribution >= 0.6 is 0 Å². The molecule has 0 radical (unpaired) electrons. The van der Waals surface area contributed by atoms with Crippen molar-refractivity contribution in [2.24, 2.45) is 7.05 Å². The number of Topliss-reactive ketones (excluding diaryl/α,β-unsaturated/α-hetero) is 1. The van der Waals surface area contributed by atoms with E-state index in [1.807, 2.05) is 0 Å². The van der Waals surface area contributed by atoms with E-state index in [2.05, 4.69) is 20.4 Å². The Hall–Kier alpha value is -2.11. The number of carbonyl (C=O) groups excluding carboxylic acids is 1. The zero-order valence-electron chi connectivity index (χ0n) is 9.08. The van der Waals surface area contributed by atoms with Gasteiger partial charge in [0.25, 0.3) is 0 Å². The van der Waals surface area contributed by atoms with Crippen molar-refractivity contribution in [3.63, 3.8) is 0 Å².